The molecule has 2 aromatic heterocycles. The zero-order valence-electron chi connectivity index (χ0n) is 8.33. The number of benzene rings is 1. The molecule has 4 heteroatoms. The predicted octanol–water partition coefficient (Wildman–Crippen LogP) is 2.32. The van der Waals surface area contributed by atoms with Crippen LogP contribution in [0.4, 0.5) is 0 Å². The molecule has 0 amide bonds. The molecular formula is C12H8N2O2. The molecule has 0 aliphatic carbocycles. The van der Waals surface area contributed by atoms with Crippen LogP contribution in [0.3, 0.4) is 0 Å². The lowest BCUT2D eigenvalue weighted by Crippen LogP contribution is -2.10. The van der Waals surface area contributed by atoms with E-state index in [0.29, 0.717) is 11.3 Å². The average Bonchev–Trinajstić information content (AvgIpc) is 2.97. The molecule has 0 fully saturated rings. The average molecular weight is 212 g/mol. The Morgan fingerprint density at radius 2 is 2.12 bits per heavy atom. The second-order valence-electron chi connectivity index (χ2n) is 3.40. The Balaban J connectivity index is 2.10. The maximum absolute atomic E-state index is 11.9. The molecule has 0 radical (unpaired) electrons. The van der Waals surface area contributed by atoms with E-state index in [9.17, 15) is 4.79 Å². The molecule has 16 heavy (non-hydrogen) atoms. The first-order valence-electron chi connectivity index (χ1n) is 4.87. The summed E-state index contributed by atoms with van der Waals surface area (Å²) in [7, 11) is 0. The van der Waals surface area contributed by atoms with Crippen molar-refractivity contribution >= 4 is 16.9 Å². The molecule has 0 aliphatic rings. The van der Waals surface area contributed by atoms with Crippen LogP contribution >= 0.6 is 0 Å². The van der Waals surface area contributed by atoms with Gasteiger partial charge in [-0.25, -0.2) is 4.68 Å². The van der Waals surface area contributed by atoms with E-state index in [2.05, 4.69) is 5.10 Å². The molecule has 0 saturated carbocycles. The van der Waals surface area contributed by atoms with E-state index in [1.54, 1.807) is 24.5 Å². The zero-order chi connectivity index (χ0) is 11.0. The number of carbonyl (C=O) groups excluding carboxylic acids is 1. The maximum Gasteiger partial charge on any atom is 0.313 e. The largest absolute Gasteiger partial charge is 0.451 e. The Morgan fingerprint density at radius 1 is 1.25 bits per heavy atom. The van der Waals surface area contributed by atoms with Gasteiger partial charge in [-0.05, 0) is 18.2 Å². The summed E-state index contributed by atoms with van der Waals surface area (Å²) in [6.07, 6.45) is 3.15. The minimum Gasteiger partial charge on any atom is -0.451 e. The van der Waals surface area contributed by atoms with E-state index in [1.165, 1.54) is 4.68 Å². The van der Waals surface area contributed by atoms with Crippen LogP contribution in [-0.4, -0.2) is 15.7 Å². The molecule has 0 unspecified atom stereocenters. The van der Waals surface area contributed by atoms with Crippen LogP contribution in [0, 0.1) is 0 Å². The summed E-state index contributed by atoms with van der Waals surface area (Å²) in [6.45, 7) is 0. The highest BCUT2D eigenvalue weighted by Crippen LogP contribution is 2.19. The summed E-state index contributed by atoms with van der Waals surface area (Å²) in [5.41, 5.74) is 0.706. The third-order valence-corrected chi connectivity index (χ3v) is 2.35. The van der Waals surface area contributed by atoms with Gasteiger partial charge < -0.3 is 4.42 Å². The number of para-hydroxylation sites is 1. The van der Waals surface area contributed by atoms with E-state index in [1.807, 2.05) is 24.3 Å². The zero-order valence-corrected chi connectivity index (χ0v) is 8.33. The van der Waals surface area contributed by atoms with E-state index in [0.717, 1.165) is 5.39 Å². The number of rotatable bonds is 1. The van der Waals surface area contributed by atoms with Crippen molar-refractivity contribution in [2.75, 3.05) is 0 Å². The fourth-order valence-electron chi connectivity index (χ4n) is 1.59. The van der Waals surface area contributed by atoms with Crippen molar-refractivity contribution in [2.24, 2.45) is 0 Å². The summed E-state index contributed by atoms with van der Waals surface area (Å²) in [4.78, 5) is 11.9. The molecule has 3 aromatic rings. The number of hydrogen-bond acceptors (Lipinski definition) is 3. The van der Waals surface area contributed by atoms with Crippen molar-refractivity contribution in [1.29, 1.82) is 0 Å². The molecule has 2 heterocycles. The second kappa shape index (κ2) is 3.34. The minimum absolute atomic E-state index is 0.263. The molecule has 4 nitrogen and oxygen atoms in total. The van der Waals surface area contributed by atoms with Crippen LogP contribution in [-0.2, 0) is 0 Å². The third kappa shape index (κ3) is 1.32. The van der Waals surface area contributed by atoms with Crippen LogP contribution < -0.4 is 0 Å². The fourth-order valence-corrected chi connectivity index (χ4v) is 1.59. The number of nitrogens with zero attached hydrogens (tertiary/aromatic N) is 2. The van der Waals surface area contributed by atoms with Crippen LogP contribution in [0.1, 0.15) is 10.6 Å². The van der Waals surface area contributed by atoms with Gasteiger partial charge in [-0.15, -0.1) is 0 Å². The van der Waals surface area contributed by atoms with Crippen LogP contribution in [0.2, 0.25) is 0 Å². The summed E-state index contributed by atoms with van der Waals surface area (Å²) >= 11 is 0. The maximum atomic E-state index is 11.9. The first-order chi connectivity index (χ1) is 7.84. The Morgan fingerprint density at radius 3 is 2.88 bits per heavy atom. The Kier molecular flexibility index (Phi) is 1.86. The molecule has 3 rings (SSSR count). The van der Waals surface area contributed by atoms with Gasteiger partial charge in [0, 0.05) is 17.8 Å². The van der Waals surface area contributed by atoms with Crippen LogP contribution in [0.5, 0.6) is 0 Å². The quantitative estimate of drug-likeness (QED) is 0.621. The number of furan rings is 1. The summed E-state index contributed by atoms with van der Waals surface area (Å²) < 4.78 is 6.69. The minimum atomic E-state index is -0.263. The summed E-state index contributed by atoms with van der Waals surface area (Å²) in [6, 6.07) is 10.9. The van der Waals surface area contributed by atoms with Gasteiger partial charge in [-0.1, -0.05) is 18.2 Å². The van der Waals surface area contributed by atoms with Crippen molar-refractivity contribution in [3.63, 3.8) is 0 Å². The number of fused-ring (bicyclic) bond motifs is 1. The fraction of sp³-hybridized carbons (Fsp3) is 0. The SMILES string of the molecule is O=C(c1cc2ccccc2o1)n1cccn1. The second-order valence-corrected chi connectivity index (χ2v) is 3.40. The Bertz CT molecular complexity index is 605. The highest BCUT2D eigenvalue weighted by Gasteiger charge is 2.13. The molecule has 0 atom stereocenters. The first-order valence-corrected chi connectivity index (χ1v) is 4.87. The van der Waals surface area contributed by atoms with Crippen molar-refractivity contribution in [3.8, 4) is 0 Å². The van der Waals surface area contributed by atoms with Crippen molar-refractivity contribution in [3.05, 3.63) is 54.6 Å². The van der Waals surface area contributed by atoms with Crippen molar-refractivity contribution < 1.29 is 9.21 Å². The lowest BCUT2D eigenvalue weighted by molar-refractivity contribution is 0.0919. The van der Waals surface area contributed by atoms with Gasteiger partial charge in [0.1, 0.15) is 5.58 Å². The third-order valence-electron chi connectivity index (χ3n) is 2.35. The first kappa shape index (κ1) is 8.91. The van der Waals surface area contributed by atoms with Gasteiger partial charge in [-0.2, -0.15) is 5.10 Å². The van der Waals surface area contributed by atoms with Gasteiger partial charge in [-0.3, -0.25) is 4.79 Å². The highest BCUT2D eigenvalue weighted by molar-refractivity contribution is 5.96. The standard InChI is InChI=1S/C12H8N2O2/c15-12(14-7-3-6-13-14)11-8-9-4-1-2-5-10(9)16-11/h1-8H. The predicted molar refractivity (Wildman–Crippen MR) is 58.2 cm³/mol. The normalized spacial score (nSPS) is 10.8. The van der Waals surface area contributed by atoms with E-state index in [-0.39, 0.29) is 5.91 Å². The van der Waals surface area contributed by atoms with Gasteiger partial charge in [0.25, 0.3) is 0 Å². The molecule has 0 aliphatic heterocycles. The molecule has 0 spiro atoms. The van der Waals surface area contributed by atoms with Gasteiger partial charge in [0.15, 0.2) is 5.76 Å². The topological polar surface area (TPSA) is 48.0 Å². The van der Waals surface area contributed by atoms with E-state index >= 15 is 0 Å². The number of carbonyl (C=O) groups is 1. The molecule has 78 valence electrons. The molecule has 0 saturated heterocycles. The Labute approximate surface area is 91.1 Å². The monoisotopic (exact) mass is 212 g/mol. The van der Waals surface area contributed by atoms with Crippen molar-refractivity contribution in [1.82, 2.24) is 9.78 Å². The van der Waals surface area contributed by atoms with Crippen molar-refractivity contribution in [2.45, 2.75) is 0 Å². The smallest absolute Gasteiger partial charge is 0.313 e. The van der Waals surface area contributed by atoms with Gasteiger partial charge in [0.2, 0.25) is 0 Å². The van der Waals surface area contributed by atoms with Gasteiger partial charge in [0.05, 0.1) is 0 Å². The lowest BCUT2D eigenvalue weighted by atomic mass is 10.2. The Hall–Kier alpha value is -2.36. The van der Waals surface area contributed by atoms with E-state index in [4.69, 9.17) is 4.42 Å². The summed E-state index contributed by atoms with van der Waals surface area (Å²) in [5, 5.41) is 4.78. The molecule has 0 N–H and O–H groups in total. The lowest BCUT2D eigenvalue weighted by Gasteiger charge is -1.94. The highest BCUT2D eigenvalue weighted by atomic mass is 16.3. The van der Waals surface area contributed by atoms with Crippen LogP contribution in [0.15, 0.2) is 53.2 Å². The summed E-state index contributed by atoms with van der Waals surface area (Å²) in [5.74, 6) is 0.0334. The molecule has 0 bridgehead atoms. The number of aromatic nitrogens is 2. The molecular weight excluding hydrogens is 204 g/mol. The number of hydrogen-bond donors (Lipinski definition) is 0. The van der Waals surface area contributed by atoms with Gasteiger partial charge >= 0.3 is 5.91 Å². The van der Waals surface area contributed by atoms with E-state index < -0.39 is 0 Å². The molecule has 1 aromatic carbocycles. The van der Waals surface area contributed by atoms with Crippen LogP contribution in [0.25, 0.3) is 11.0 Å².